The molecule has 0 bridgehead atoms. The van der Waals surface area contributed by atoms with Gasteiger partial charge in [-0.25, -0.2) is 4.98 Å². The van der Waals surface area contributed by atoms with E-state index in [1.807, 2.05) is 0 Å². The molecule has 0 aliphatic rings. The fourth-order valence-corrected chi connectivity index (χ4v) is 2.90. The summed E-state index contributed by atoms with van der Waals surface area (Å²) in [5.41, 5.74) is 0. The number of nitrogens with zero attached hydrogens (tertiary/aromatic N) is 2. The summed E-state index contributed by atoms with van der Waals surface area (Å²) < 4.78 is 5.08. The number of aromatic nitrogens is 1. The second-order valence-corrected chi connectivity index (χ2v) is 5.25. The van der Waals surface area contributed by atoms with Gasteiger partial charge in [-0.05, 0) is 12.8 Å². The van der Waals surface area contributed by atoms with Crippen LogP contribution in [0.2, 0.25) is 5.15 Å². The summed E-state index contributed by atoms with van der Waals surface area (Å²) in [5, 5.41) is 1.64. The molecule has 0 amide bonds. The van der Waals surface area contributed by atoms with Crippen LogP contribution >= 0.6 is 22.9 Å². The smallest absolute Gasteiger partial charge is 0.187 e. The van der Waals surface area contributed by atoms with E-state index in [1.54, 1.807) is 18.4 Å². The van der Waals surface area contributed by atoms with Gasteiger partial charge < -0.3 is 9.64 Å². The highest BCUT2D eigenvalue weighted by Gasteiger charge is 2.15. The van der Waals surface area contributed by atoms with Gasteiger partial charge in [0.25, 0.3) is 0 Å². The number of hydrogen-bond acceptors (Lipinski definition) is 4. The van der Waals surface area contributed by atoms with Crippen LogP contribution in [-0.4, -0.2) is 31.8 Å². The molecule has 0 aliphatic heterocycles. The lowest BCUT2D eigenvalue weighted by molar-refractivity contribution is 0.205. The molecular weight excluding hydrogens is 244 g/mol. The minimum Gasteiger partial charge on any atom is -0.383 e. The van der Waals surface area contributed by atoms with E-state index in [0.717, 1.165) is 23.1 Å². The molecule has 0 N–H and O–H groups in total. The zero-order valence-electron chi connectivity index (χ0n) is 10.3. The summed E-state index contributed by atoms with van der Waals surface area (Å²) >= 11 is 7.79. The van der Waals surface area contributed by atoms with E-state index in [2.05, 4.69) is 30.7 Å². The summed E-state index contributed by atoms with van der Waals surface area (Å²) in [6.07, 6.45) is 0. The maximum atomic E-state index is 6.12. The first-order valence-electron chi connectivity index (χ1n) is 5.50. The predicted molar refractivity (Wildman–Crippen MR) is 71.0 cm³/mol. The van der Waals surface area contributed by atoms with Crippen LogP contribution in [0.15, 0.2) is 0 Å². The Bertz CT molecular complexity index is 328. The second-order valence-electron chi connectivity index (χ2n) is 3.88. The summed E-state index contributed by atoms with van der Waals surface area (Å²) in [5.74, 6) is 0.430. The van der Waals surface area contributed by atoms with Crippen molar-refractivity contribution in [2.45, 2.75) is 26.7 Å². The maximum absolute atomic E-state index is 6.12. The molecule has 1 aromatic heterocycles. The molecule has 92 valence electrons. The quantitative estimate of drug-likeness (QED) is 0.786. The summed E-state index contributed by atoms with van der Waals surface area (Å²) in [7, 11) is 1.71. The SMILES string of the molecule is CCN(CCOC)c1nc(Cl)c(C(C)C)s1. The highest BCUT2D eigenvalue weighted by Crippen LogP contribution is 2.34. The number of methoxy groups -OCH3 is 1. The molecule has 0 saturated carbocycles. The Kier molecular flexibility index (Phi) is 5.52. The number of ether oxygens (including phenoxy) is 1. The van der Waals surface area contributed by atoms with Crippen LogP contribution in [-0.2, 0) is 4.74 Å². The molecule has 0 fully saturated rings. The Balaban J connectivity index is 2.81. The molecule has 1 rings (SSSR count). The van der Waals surface area contributed by atoms with Crippen molar-refractivity contribution in [3.8, 4) is 0 Å². The van der Waals surface area contributed by atoms with Crippen LogP contribution in [0, 0.1) is 0 Å². The van der Waals surface area contributed by atoms with Crippen LogP contribution in [0.25, 0.3) is 0 Å². The van der Waals surface area contributed by atoms with Crippen molar-refractivity contribution in [1.82, 2.24) is 4.98 Å². The van der Waals surface area contributed by atoms with E-state index < -0.39 is 0 Å². The van der Waals surface area contributed by atoms with Crippen molar-refractivity contribution in [3.05, 3.63) is 10.0 Å². The summed E-state index contributed by atoms with van der Waals surface area (Å²) in [6.45, 7) is 8.87. The van der Waals surface area contributed by atoms with E-state index in [9.17, 15) is 0 Å². The third-order valence-corrected chi connectivity index (χ3v) is 4.16. The molecule has 0 unspecified atom stereocenters. The number of likely N-dealkylation sites (N-methyl/N-ethyl adjacent to an activating group) is 1. The molecule has 0 aliphatic carbocycles. The Morgan fingerprint density at radius 3 is 2.62 bits per heavy atom. The molecule has 1 aromatic rings. The number of hydrogen-bond donors (Lipinski definition) is 0. The van der Waals surface area contributed by atoms with Crippen LogP contribution < -0.4 is 4.90 Å². The minimum atomic E-state index is 0.430. The zero-order valence-corrected chi connectivity index (χ0v) is 11.9. The molecule has 5 heteroatoms. The molecule has 0 atom stereocenters. The van der Waals surface area contributed by atoms with Gasteiger partial charge in [-0.3, -0.25) is 0 Å². The van der Waals surface area contributed by atoms with E-state index in [4.69, 9.17) is 16.3 Å². The third-order valence-electron chi connectivity index (χ3n) is 2.34. The molecule has 16 heavy (non-hydrogen) atoms. The lowest BCUT2D eigenvalue weighted by atomic mass is 10.2. The number of rotatable bonds is 6. The molecular formula is C11H19ClN2OS. The number of anilines is 1. The first kappa shape index (κ1) is 13.7. The Morgan fingerprint density at radius 2 is 2.19 bits per heavy atom. The first-order valence-corrected chi connectivity index (χ1v) is 6.69. The largest absolute Gasteiger partial charge is 0.383 e. The molecule has 3 nitrogen and oxygen atoms in total. The number of thiazole rings is 1. The van der Waals surface area contributed by atoms with Crippen LogP contribution in [0.4, 0.5) is 5.13 Å². The Hall–Kier alpha value is -0.320. The van der Waals surface area contributed by atoms with Gasteiger partial charge in [-0.2, -0.15) is 0 Å². The third kappa shape index (κ3) is 3.34. The Labute approximate surface area is 106 Å². The molecule has 1 heterocycles. The van der Waals surface area contributed by atoms with Crippen molar-refractivity contribution in [1.29, 1.82) is 0 Å². The van der Waals surface area contributed by atoms with Crippen LogP contribution in [0.1, 0.15) is 31.6 Å². The number of halogens is 1. The average molecular weight is 263 g/mol. The standard InChI is InChI=1S/C11H19ClN2OS/c1-5-14(6-7-15-4)11-13-10(12)9(16-11)8(2)3/h8H,5-7H2,1-4H3. The zero-order chi connectivity index (χ0) is 12.1. The van der Waals surface area contributed by atoms with Gasteiger partial charge >= 0.3 is 0 Å². The van der Waals surface area contributed by atoms with Gasteiger partial charge in [0.2, 0.25) is 0 Å². The molecule has 0 saturated heterocycles. The van der Waals surface area contributed by atoms with Gasteiger partial charge in [-0.15, -0.1) is 11.3 Å². The maximum Gasteiger partial charge on any atom is 0.187 e. The molecule has 0 aromatic carbocycles. The minimum absolute atomic E-state index is 0.430. The Morgan fingerprint density at radius 1 is 1.50 bits per heavy atom. The van der Waals surface area contributed by atoms with E-state index in [-0.39, 0.29) is 0 Å². The van der Waals surface area contributed by atoms with Crippen molar-refractivity contribution in [2.24, 2.45) is 0 Å². The highest BCUT2D eigenvalue weighted by molar-refractivity contribution is 7.16. The van der Waals surface area contributed by atoms with Crippen molar-refractivity contribution in [3.63, 3.8) is 0 Å². The second kappa shape index (κ2) is 6.42. The highest BCUT2D eigenvalue weighted by atomic mass is 35.5. The van der Waals surface area contributed by atoms with Crippen LogP contribution in [0.5, 0.6) is 0 Å². The normalized spacial score (nSPS) is 11.1. The van der Waals surface area contributed by atoms with E-state index in [0.29, 0.717) is 17.7 Å². The molecule has 0 spiro atoms. The van der Waals surface area contributed by atoms with Crippen molar-refractivity contribution < 1.29 is 4.74 Å². The topological polar surface area (TPSA) is 25.4 Å². The lowest BCUT2D eigenvalue weighted by Crippen LogP contribution is -2.26. The van der Waals surface area contributed by atoms with Gasteiger partial charge in [0.05, 0.1) is 6.61 Å². The average Bonchev–Trinajstić information content (AvgIpc) is 2.62. The van der Waals surface area contributed by atoms with Gasteiger partial charge in [0.15, 0.2) is 5.13 Å². The molecule has 0 radical (unpaired) electrons. The van der Waals surface area contributed by atoms with Crippen molar-refractivity contribution in [2.75, 3.05) is 31.7 Å². The van der Waals surface area contributed by atoms with Crippen molar-refractivity contribution >= 4 is 28.1 Å². The summed E-state index contributed by atoms with van der Waals surface area (Å²) in [6, 6.07) is 0. The van der Waals surface area contributed by atoms with E-state index >= 15 is 0 Å². The monoisotopic (exact) mass is 262 g/mol. The van der Waals surface area contributed by atoms with E-state index in [1.165, 1.54) is 0 Å². The van der Waals surface area contributed by atoms with Gasteiger partial charge in [-0.1, -0.05) is 25.4 Å². The fraction of sp³-hybridized carbons (Fsp3) is 0.727. The van der Waals surface area contributed by atoms with Gasteiger partial charge in [0.1, 0.15) is 5.15 Å². The van der Waals surface area contributed by atoms with Gasteiger partial charge in [0, 0.05) is 25.1 Å². The first-order chi connectivity index (χ1) is 7.60. The lowest BCUT2D eigenvalue weighted by Gasteiger charge is -2.18. The predicted octanol–water partition coefficient (Wildman–Crippen LogP) is 3.39. The summed E-state index contributed by atoms with van der Waals surface area (Å²) in [4.78, 5) is 7.76. The fourth-order valence-electron chi connectivity index (χ4n) is 1.38. The van der Waals surface area contributed by atoms with Crippen LogP contribution in [0.3, 0.4) is 0 Å².